The molecule has 5 heterocycles. The van der Waals surface area contributed by atoms with Crippen molar-refractivity contribution in [3.63, 3.8) is 0 Å². The van der Waals surface area contributed by atoms with Gasteiger partial charge >= 0.3 is 18.0 Å². The Labute approximate surface area is 209 Å². The predicted octanol–water partition coefficient (Wildman–Crippen LogP) is 3.63. The zero-order valence-electron chi connectivity index (χ0n) is 19.5. The number of nitrogens with zero attached hydrogens (tertiary/aromatic N) is 6. The van der Waals surface area contributed by atoms with Crippen molar-refractivity contribution in [2.75, 3.05) is 24.6 Å². The van der Waals surface area contributed by atoms with E-state index in [0.29, 0.717) is 44.8 Å². The Kier molecular flexibility index (Phi) is 6.82. The van der Waals surface area contributed by atoms with Crippen molar-refractivity contribution < 1.29 is 32.3 Å². The van der Waals surface area contributed by atoms with E-state index >= 15 is 0 Å². The molecule has 14 heteroatoms. The van der Waals surface area contributed by atoms with Gasteiger partial charge in [0, 0.05) is 37.1 Å². The van der Waals surface area contributed by atoms with Crippen molar-refractivity contribution in [3.05, 3.63) is 64.2 Å². The first-order valence-electron chi connectivity index (χ1n) is 11.6. The number of nitro groups is 1. The third-order valence-electron chi connectivity index (χ3n) is 6.10. The van der Waals surface area contributed by atoms with Crippen LogP contribution < -0.4 is 14.4 Å². The molecule has 3 aromatic heterocycles. The molecule has 5 rings (SSSR count). The molecule has 37 heavy (non-hydrogen) atoms. The Morgan fingerprint density at radius 1 is 1.16 bits per heavy atom. The van der Waals surface area contributed by atoms with E-state index in [0.717, 1.165) is 23.6 Å². The first kappa shape index (κ1) is 24.7. The van der Waals surface area contributed by atoms with Crippen molar-refractivity contribution in [1.82, 2.24) is 19.5 Å². The minimum Gasteiger partial charge on any atom is -0.489 e. The number of hydrogen-bond acceptors (Lipinski definition) is 9. The lowest BCUT2D eigenvalue weighted by molar-refractivity contribution is -0.389. The minimum absolute atomic E-state index is 0.128. The molecule has 0 amide bonds. The number of fused-ring (bicyclic) bond motifs is 1. The number of pyridine rings is 2. The van der Waals surface area contributed by atoms with E-state index in [1.165, 1.54) is 12.3 Å². The largest absolute Gasteiger partial charge is 0.489 e. The van der Waals surface area contributed by atoms with E-state index in [9.17, 15) is 23.3 Å². The number of hydrogen-bond donors (Lipinski definition) is 0. The van der Waals surface area contributed by atoms with Crippen LogP contribution in [-0.2, 0) is 24.1 Å². The standard InChI is InChI=1S/C23H23F3N6O5/c24-23(25,26)19-2-1-17(10-28-19)37-16-4-7-30(8-5-16)20-9-15(3-6-27-20)13-35-18-11-31-12-21(32(33)34)29-22(31)36-14-18/h1-3,6,9-10,12,16,18H,4-5,7-8,11,13-14H2/t18-/m0/s1. The van der Waals surface area contributed by atoms with Crippen LogP contribution in [0.3, 0.4) is 0 Å². The summed E-state index contributed by atoms with van der Waals surface area (Å²) in [6.07, 6.45) is 0.613. The average Bonchev–Trinajstić information content (AvgIpc) is 3.32. The van der Waals surface area contributed by atoms with Crippen LogP contribution in [0.5, 0.6) is 11.8 Å². The Morgan fingerprint density at radius 2 is 1.97 bits per heavy atom. The van der Waals surface area contributed by atoms with Gasteiger partial charge in [0.1, 0.15) is 42.3 Å². The Bertz CT molecular complexity index is 1240. The zero-order chi connectivity index (χ0) is 26.0. The summed E-state index contributed by atoms with van der Waals surface area (Å²) in [7, 11) is 0. The Morgan fingerprint density at radius 3 is 2.68 bits per heavy atom. The minimum atomic E-state index is -4.48. The molecule has 11 nitrogen and oxygen atoms in total. The summed E-state index contributed by atoms with van der Waals surface area (Å²) < 4.78 is 56.9. The summed E-state index contributed by atoms with van der Waals surface area (Å²) in [5.74, 6) is 0.843. The van der Waals surface area contributed by atoms with Gasteiger partial charge in [0.25, 0.3) is 0 Å². The van der Waals surface area contributed by atoms with Crippen LogP contribution in [-0.4, -0.2) is 56.3 Å². The third-order valence-corrected chi connectivity index (χ3v) is 6.10. The van der Waals surface area contributed by atoms with Crippen molar-refractivity contribution in [2.45, 2.75) is 44.4 Å². The van der Waals surface area contributed by atoms with Crippen molar-refractivity contribution in [3.8, 4) is 11.8 Å². The molecule has 3 aromatic rings. The monoisotopic (exact) mass is 520 g/mol. The average molecular weight is 520 g/mol. The summed E-state index contributed by atoms with van der Waals surface area (Å²) in [6.45, 7) is 2.31. The number of ether oxygens (including phenoxy) is 3. The van der Waals surface area contributed by atoms with Gasteiger partial charge in [-0.1, -0.05) is 0 Å². The number of imidazole rings is 1. The molecule has 1 atom stereocenters. The topological polar surface area (TPSA) is 118 Å². The maximum Gasteiger partial charge on any atom is 0.433 e. The lowest BCUT2D eigenvalue weighted by atomic mass is 10.1. The molecular weight excluding hydrogens is 497 g/mol. The molecule has 0 radical (unpaired) electrons. The SMILES string of the molecule is O=[N+]([O-])c1cn2c(n1)OC[C@@H](OCc1ccnc(N3CCC(Oc4ccc(C(F)(F)F)nc4)CC3)c1)C2. The number of halogens is 3. The molecule has 0 bridgehead atoms. The summed E-state index contributed by atoms with van der Waals surface area (Å²) in [5.41, 5.74) is -0.0299. The highest BCUT2D eigenvalue weighted by atomic mass is 19.4. The van der Waals surface area contributed by atoms with Gasteiger partial charge in [-0.2, -0.15) is 13.2 Å². The molecule has 0 spiro atoms. The van der Waals surface area contributed by atoms with E-state index in [1.807, 2.05) is 12.1 Å². The maximum atomic E-state index is 12.7. The number of anilines is 1. The van der Waals surface area contributed by atoms with Crippen LogP contribution in [0.2, 0.25) is 0 Å². The van der Waals surface area contributed by atoms with Gasteiger partial charge < -0.3 is 29.2 Å². The fourth-order valence-electron chi connectivity index (χ4n) is 4.21. The van der Waals surface area contributed by atoms with Gasteiger partial charge in [-0.3, -0.25) is 4.57 Å². The van der Waals surface area contributed by atoms with Crippen LogP contribution in [0.1, 0.15) is 24.1 Å². The van der Waals surface area contributed by atoms with Gasteiger partial charge in [-0.25, -0.2) is 9.97 Å². The number of aromatic nitrogens is 4. The predicted molar refractivity (Wildman–Crippen MR) is 122 cm³/mol. The molecule has 1 fully saturated rings. The molecule has 196 valence electrons. The van der Waals surface area contributed by atoms with Gasteiger partial charge in [-0.15, -0.1) is 0 Å². The first-order valence-corrected chi connectivity index (χ1v) is 11.6. The van der Waals surface area contributed by atoms with Crippen LogP contribution in [0.4, 0.5) is 24.8 Å². The maximum absolute atomic E-state index is 12.7. The zero-order valence-corrected chi connectivity index (χ0v) is 19.5. The van der Waals surface area contributed by atoms with Gasteiger partial charge in [0.15, 0.2) is 0 Å². The molecule has 0 saturated carbocycles. The summed E-state index contributed by atoms with van der Waals surface area (Å²) in [6, 6.07) is 6.21. The van der Waals surface area contributed by atoms with Gasteiger partial charge in [0.2, 0.25) is 0 Å². The molecule has 1 saturated heterocycles. The quantitative estimate of drug-likeness (QED) is 0.340. The Balaban J connectivity index is 1.11. The van der Waals surface area contributed by atoms with E-state index in [2.05, 4.69) is 19.9 Å². The number of alkyl halides is 3. The summed E-state index contributed by atoms with van der Waals surface area (Å²) >= 11 is 0. The van der Waals surface area contributed by atoms with Gasteiger partial charge in [-0.05, 0) is 34.8 Å². The highest BCUT2D eigenvalue weighted by Crippen LogP contribution is 2.29. The number of rotatable bonds is 7. The third kappa shape index (κ3) is 5.90. The van der Waals surface area contributed by atoms with E-state index < -0.39 is 16.8 Å². The second-order valence-corrected chi connectivity index (χ2v) is 8.74. The fourth-order valence-corrected chi connectivity index (χ4v) is 4.21. The molecule has 0 aliphatic carbocycles. The Hall–Kier alpha value is -3.94. The number of piperidine rings is 1. The van der Waals surface area contributed by atoms with E-state index in [-0.39, 0.29) is 30.6 Å². The second kappa shape index (κ2) is 10.2. The van der Waals surface area contributed by atoms with Crippen molar-refractivity contribution in [1.29, 1.82) is 0 Å². The smallest absolute Gasteiger partial charge is 0.433 e. The van der Waals surface area contributed by atoms with Crippen LogP contribution in [0.15, 0.2) is 42.9 Å². The van der Waals surface area contributed by atoms with Crippen molar-refractivity contribution >= 4 is 11.6 Å². The molecule has 2 aliphatic heterocycles. The van der Waals surface area contributed by atoms with E-state index in [4.69, 9.17) is 14.2 Å². The highest BCUT2D eigenvalue weighted by molar-refractivity contribution is 5.41. The molecule has 0 N–H and O–H groups in total. The first-order chi connectivity index (χ1) is 17.7. The van der Waals surface area contributed by atoms with Crippen LogP contribution in [0, 0.1) is 10.1 Å². The highest BCUT2D eigenvalue weighted by Gasteiger charge is 2.32. The van der Waals surface area contributed by atoms with Gasteiger partial charge in [0.05, 0.1) is 19.3 Å². The van der Waals surface area contributed by atoms with Crippen LogP contribution >= 0.6 is 0 Å². The molecular formula is C23H23F3N6O5. The fraction of sp³-hybridized carbons (Fsp3) is 0.435. The lowest BCUT2D eigenvalue weighted by Gasteiger charge is -2.33. The molecule has 0 aromatic carbocycles. The molecule has 2 aliphatic rings. The summed E-state index contributed by atoms with van der Waals surface area (Å²) in [4.78, 5) is 24.2. The molecule has 0 unspecified atom stereocenters. The van der Waals surface area contributed by atoms with Crippen molar-refractivity contribution in [2.24, 2.45) is 0 Å². The van der Waals surface area contributed by atoms with E-state index in [1.54, 1.807) is 10.8 Å². The normalized spacial score (nSPS) is 18.2. The summed E-state index contributed by atoms with van der Waals surface area (Å²) in [5, 5.41) is 10.9. The lowest BCUT2D eigenvalue weighted by Crippen LogP contribution is -2.38. The van der Waals surface area contributed by atoms with Crippen LogP contribution in [0.25, 0.3) is 0 Å². The second-order valence-electron chi connectivity index (χ2n) is 8.74.